The van der Waals surface area contributed by atoms with Gasteiger partial charge in [0.05, 0.1) is 23.1 Å². The summed E-state index contributed by atoms with van der Waals surface area (Å²) < 4.78 is 11.9. The summed E-state index contributed by atoms with van der Waals surface area (Å²) in [5.41, 5.74) is 3.28. The highest BCUT2D eigenvalue weighted by molar-refractivity contribution is 9.10. The van der Waals surface area contributed by atoms with Crippen molar-refractivity contribution < 1.29 is 24.0 Å². The van der Waals surface area contributed by atoms with E-state index in [-0.39, 0.29) is 24.5 Å². The molecule has 4 rings (SSSR count). The van der Waals surface area contributed by atoms with Crippen LogP contribution in [0.4, 0.5) is 10.5 Å². The van der Waals surface area contributed by atoms with Crippen LogP contribution in [-0.2, 0) is 17.9 Å². The summed E-state index contributed by atoms with van der Waals surface area (Å²) in [6.45, 7) is 2.22. The Morgan fingerprint density at radius 1 is 1.08 bits per heavy atom. The maximum atomic E-state index is 12.9. The van der Waals surface area contributed by atoms with Gasteiger partial charge in [-0.05, 0) is 57.8 Å². The fraction of sp³-hybridized carbons (Fsp3) is 0.154. The summed E-state index contributed by atoms with van der Waals surface area (Å²) in [5.74, 6) is 0.352. The highest BCUT2D eigenvalue weighted by atomic mass is 79.9. The zero-order chi connectivity index (χ0) is 25.8. The van der Waals surface area contributed by atoms with Crippen molar-refractivity contribution in [2.24, 2.45) is 0 Å². The van der Waals surface area contributed by atoms with Gasteiger partial charge < -0.3 is 14.8 Å². The van der Waals surface area contributed by atoms with Crippen molar-refractivity contribution in [2.75, 3.05) is 7.11 Å². The number of hydrogen-bond acceptors (Lipinski definition) is 6. The molecule has 1 aliphatic heterocycles. The molecule has 3 aromatic carbocycles. The van der Waals surface area contributed by atoms with E-state index in [0.717, 1.165) is 16.0 Å². The Morgan fingerprint density at radius 2 is 1.83 bits per heavy atom. The van der Waals surface area contributed by atoms with E-state index in [1.54, 1.807) is 30.3 Å². The molecule has 1 N–H and O–H groups in total. The van der Waals surface area contributed by atoms with Gasteiger partial charge in [0.15, 0.2) is 11.5 Å². The molecule has 184 valence electrons. The lowest BCUT2D eigenvalue weighted by molar-refractivity contribution is -0.384. The van der Waals surface area contributed by atoms with Crippen LogP contribution in [0.15, 0.2) is 70.8 Å². The maximum Gasteiger partial charge on any atom is 0.329 e. The number of nitro benzene ring substituents is 1. The lowest BCUT2D eigenvalue weighted by Crippen LogP contribution is -2.30. The first kappa shape index (κ1) is 24.9. The molecule has 0 aromatic heterocycles. The largest absolute Gasteiger partial charge is 0.493 e. The molecule has 0 unspecified atom stereocenters. The van der Waals surface area contributed by atoms with Gasteiger partial charge in [0.1, 0.15) is 12.3 Å². The fourth-order valence-electron chi connectivity index (χ4n) is 3.64. The van der Waals surface area contributed by atoms with Gasteiger partial charge >= 0.3 is 6.03 Å². The number of amides is 3. The first-order valence-corrected chi connectivity index (χ1v) is 11.7. The van der Waals surface area contributed by atoms with Crippen molar-refractivity contribution in [3.63, 3.8) is 0 Å². The number of ether oxygens (including phenoxy) is 2. The quantitative estimate of drug-likeness (QED) is 0.175. The van der Waals surface area contributed by atoms with E-state index in [9.17, 15) is 19.7 Å². The van der Waals surface area contributed by atoms with Crippen LogP contribution in [0.5, 0.6) is 11.5 Å². The topological polar surface area (TPSA) is 111 Å². The van der Waals surface area contributed by atoms with Gasteiger partial charge in [-0.1, -0.05) is 42.0 Å². The van der Waals surface area contributed by atoms with Gasteiger partial charge in [-0.25, -0.2) is 4.79 Å². The molecule has 10 heteroatoms. The van der Waals surface area contributed by atoms with Crippen LogP contribution in [0.2, 0.25) is 0 Å². The molecular weight excluding hydrogens is 530 g/mol. The van der Waals surface area contributed by atoms with Crippen molar-refractivity contribution in [1.82, 2.24) is 10.2 Å². The van der Waals surface area contributed by atoms with E-state index in [1.807, 2.05) is 31.2 Å². The minimum atomic E-state index is -0.491. The highest BCUT2D eigenvalue weighted by Gasteiger charge is 2.33. The molecule has 0 radical (unpaired) electrons. The molecule has 0 saturated carbocycles. The summed E-state index contributed by atoms with van der Waals surface area (Å²) >= 11 is 3.46. The Labute approximate surface area is 215 Å². The second-order valence-electron chi connectivity index (χ2n) is 8.11. The smallest absolute Gasteiger partial charge is 0.329 e. The fourth-order valence-corrected chi connectivity index (χ4v) is 4.21. The first-order chi connectivity index (χ1) is 17.2. The van der Waals surface area contributed by atoms with Crippen molar-refractivity contribution in [3.05, 3.63) is 103 Å². The summed E-state index contributed by atoms with van der Waals surface area (Å²) in [7, 11) is 1.48. The average molecular weight is 552 g/mol. The monoisotopic (exact) mass is 551 g/mol. The summed E-state index contributed by atoms with van der Waals surface area (Å²) in [6, 6.07) is 16.7. The normalized spacial score (nSPS) is 14.2. The lowest BCUT2D eigenvalue weighted by atomic mass is 10.1. The van der Waals surface area contributed by atoms with E-state index >= 15 is 0 Å². The molecule has 9 nitrogen and oxygen atoms in total. The number of nitrogens with zero attached hydrogens (tertiary/aromatic N) is 2. The zero-order valence-corrected chi connectivity index (χ0v) is 21.1. The number of benzene rings is 3. The third kappa shape index (κ3) is 5.55. The Balaban J connectivity index is 1.52. The third-order valence-electron chi connectivity index (χ3n) is 5.49. The Hall–Kier alpha value is -4.18. The second kappa shape index (κ2) is 10.6. The van der Waals surface area contributed by atoms with Gasteiger partial charge in [-0.15, -0.1) is 0 Å². The first-order valence-electron chi connectivity index (χ1n) is 10.9. The number of hydrogen-bond donors (Lipinski definition) is 1. The predicted molar refractivity (Wildman–Crippen MR) is 136 cm³/mol. The zero-order valence-electron chi connectivity index (χ0n) is 19.5. The van der Waals surface area contributed by atoms with Crippen LogP contribution in [0.25, 0.3) is 6.08 Å². The van der Waals surface area contributed by atoms with Crippen molar-refractivity contribution in [3.8, 4) is 11.5 Å². The standard InChI is InChI=1S/C26H22BrN3O6/c1-16-6-8-17(9-7-16)14-29-25(31)22(28-26(29)32)12-19-11-21(27)24(23(13-19)35-2)36-15-18-4-3-5-20(10-18)30(33)34/h3-13H,14-15H2,1-2H3,(H,28,32)/b22-12+. The van der Waals surface area contributed by atoms with E-state index < -0.39 is 16.9 Å². The van der Waals surface area contributed by atoms with Crippen molar-refractivity contribution in [1.29, 1.82) is 0 Å². The van der Waals surface area contributed by atoms with Crippen molar-refractivity contribution >= 4 is 39.6 Å². The molecule has 0 atom stereocenters. The number of carbonyl (C=O) groups excluding carboxylic acids is 2. The molecule has 0 bridgehead atoms. The molecule has 3 aromatic rings. The van der Waals surface area contributed by atoms with Crippen molar-refractivity contribution in [2.45, 2.75) is 20.1 Å². The second-order valence-corrected chi connectivity index (χ2v) is 8.97. The Morgan fingerprint density at radius 3 is 2.53 bits per heavy atom. The highest BCUT2D eigenvalue weighted by Crippen LogP contribution is 2.38. The summed E-state index contributed by atoms with van der Waals surface area (Å²) in [4.78, 5) is 37.0. The Bertz CT molecular complexity index is 1370. The SMILES string of the molecule is COc1cc(/C=C2/NC(=O)N(Cc3ccc(C)cc3)C2=O)cc(Br)c1OCc1cccc([N+](=O)[O-])c1. The molecule has 1 saturated heterocycles. The number of aryl methyl sites for hydroxylation is 1. The number of methoxy groups -OCH3 is 1. The van der Waals surface area contributed by atoms with Gasteiger partial charge in [0, 0.05) is 12.1 Å². The third-order valence-corrected chi connectivity index (χ3v) is 6.08. The van der Waals surface area contributed by atoms with Crippen LogP contribution in [-0.4, -0.2) is 28.9 Å². The van der Waals surface area contributed by atoms with Crippen LogP contribution in [0, 0.1) is 17.0 Å². The number of urea groups is 1. The minimum absolute atomic E-state index is 0.0243. The van der Waals surface area contributed by atoms with E-state index in [1.165, 1.54) is 19.2 Å². The van der Waals surface area contributed by atoms with Crippen LogP contribution in [0.1, 0.15) is 22.3 Å². The van der Waals surface area contributed by atoms with Gasteiger partial charge in [0.2, 0.25) is 0 Å². The summed E-state index contributed by atoms with van der Waals surface area (Å²) in [6.07, 6.45) is 1.56. The van der Waals surface area contributed by atoms with Crippen LogP contribution >= 0.6 is 15.9 Å². The van der Waals surface area contributed by atoms with Crippen LogP contribution in [0.3, 0.4) is 0 Å². The molecular formula is C26H22BrN3O6. The number of carbonyl (C=O) groups is 2. The number of non-ortho nitro benzene ring substituents is 1. The minimum Gasteiger partial charge on any atom is -0.493 e. The Kier molecular flexibility index (Phi) is 7.35. The number of rotatable bonds is 8. The molecule has 1 heterocycles. The molecule has 0 spiro atoms. The van der Waals surface area contributed by atoms with Gasteiger partial charge in [0.25, 0.3) is 11.6 Å². The summed E-state index contributed by atoms with van der Waals surface area (Å²) in [5, 5.41) is 13.6. The van der Waals surface area contributed by atoms with E-state index in [2.05, 4.69) is 21.2 Å². The van der Waals surface area contributed by atoms with E-state index in [4.69, 9.17) is 9.47 Å². The molecule has 1 aliphatic rings. The van der Waals surface area contributed by atoms with Gasteiger partial charge in [-0.2, -0.15) is 0 Å². The number of halogens is 1. The number of nitrogens with one attached hydrogen (secondary N) is 1. The molecule has 3 amide bonds. The molecule has 36 heavy (non-hydrogen) atoms. The average Bonchev–Trinajstić information content (AvgIpc) is 3.11. The lowest BCUT2D eigenvalue weighted by Gasteiger charge is -2.14. The van der Waals surface area contributed by atoms with E-state index in [0.29, 0.717) is 27.1 Å². The predicted octanol–water partition coefficient (Wildman–Crippen LogP) is 5.35. The maximum absolute atomic E-state index is 12.9. The molecule has 1 fully saturated rings. The number of nitro groups is 1. The van der Waals surface area contributed by atoms with Crippen LogP contribution < -0.4 is 14.8 Å². The number of imide groups is 1. The molecule has 0 aliphatic carbocycles. The van der Waals surface area contributed by atoms with Gasteiger partial charge in [-0.3, -0.25) is 19.8 Å².